The number of hydrogen-bond donors (Lipinski definition) is 4. The van der Waals surface area contributed by atoms with Gasteiger partial charge in [0.2, 0.25) is 0 Å². The van der Waals surface area contributed by atoms with Gasteiger partial charge in [0.1, 0.15) is 12.2 Å². The number of carbonyl (C=O) groups excluding carboxylic acids is 2. The molecule has 0 rings (SSSR count). The zero-order valence-electron chi connectivity index (χ0n) is 13.4. The van der Waals surface area contributed by atoms with Crippen LogP contribution in [0.1, 0.15) is 47.0 Å². The summed E-state index contributed by atoms with van der Waals surface area (Å²) in [6.07, 6.45) is -2.96. The van der Waals surface area contributed by atoms with Crippen LogP contribution in [-0.2, 0) is 19.1 Å². The summed E-state index contributed by atoms with van der Waals surface area (Å²) in [6.45, 7) is 5.49. The van der Waals surface area contributed by atoms with Crippen LogP contribution in [0.4, 0.5) is 0 Å². The lowest BCUT2D eigenvalue weighted by Gasteiger charge is -2.34. The molecule has 4 unspecified atom stereocenters. The zero-order chi connectivity index (χ0) is 17.5. The number of esters is 2. The monoisotopic (exact) mass is 322 g/mol. The number of rotatable bonds is 9. The molecule has 0 saturated heterocycles. The number of hydrogen-bond acceptors (Lipinski definition) is 8. The highest BCUT2D eigenvalue weighted by Gasteiger charge is 2.45. The smallest absolute Gasteiger partial charge is 0.376 e. The van der Waals surface area contributed by atoms with Crippen LogP contribution in [0.5, 0.6) is 0 Å². The highest BCUT2D eigenvalue weighted by molar-refractivity contribution is 5.76. The highest BCUT2D eigenvalue weighted by atomic mass is 16.8. The van der Waals surface area contributed by atoms with Gasteiger partial charge in [0.15, 0.2) is 0 Å². The van der Waals surface area contributed by atoms with Crippen molar-refractivity contribution in [3.05, 3.63) is 0 Å². The van der Waals surface area contributed by atoms with Gasteiger partial charge in [-0.25, -0.2) is 9.59 Å². The van der Waals surface area contributed by atoms with Crippen molar-refractivity contribution in [1.29, 1.82) is 0 Å². The van der Waals surface area contributed by atoms with Crippen LogP contribution in [0.25, 0.3) is 0 Å². The van der Waals surface area contributed by atoms with E-state index in [-0.39, 0.29) is 19.3 Å². The lowest BCUT2D eigenvalue weighted by molar-refractivity contribution is -0.355. The Morgan fingerprint density at radius 2 is 1.36 bits per heavy atom. The van der Waals surface area contributed by atoms with Crippen molar-refractivity contribution in [3.8, 4) is 0 Å². The van der Waals surface area contributed by atoms with Gasteiger partial charge in [-0.05, 0) is 40.0 Å². The van der Waals surface area contributed by atoms with Crippen molar-refractivity contribution in [2.24, 2.45) is 5.92 Å². The Kier molecular flexibility index (Phi) is 8.54. The van der Waals surface area contributed by atoms with Crippen LogP contribution >= 0.6 is 0 Å². The standard InChI is InChI=1S/C14H26O8/c1-5-11(7-6-8(2)15)14(20,21-12(18)9(3)16)22-13(19)10(4)17/h8-11,15-17,20H,5-7H2,1-4H3. The van der Waals surface area contributed by atoms with Gasteiger partial charge in [-0.3, -0.25) is 0 Å². The first-order chi connectivity index (χ1) is 10.0. The summed E-state index contributed by atoms with van der Waals surface area (Å²) >= 11 is 0. The Labute approximate surface area is 129 Å². The van der Waals surface area contributed by atoms with E-state index >= 15 is 0 Å². The average molecular weight is 322 g/mol. The molecule has 0 spiro atoms. The van der Waals surface area contributed by atoms with Crippen LogP contribution in [0.15, 0.2) is 0 Å². The van der Waals surface area contributed by atoms with E-state index in [0.29, 0.717) is 0 Å². The van der Waals surface area contributed by atoms with Gasteiger partial charge in [-0.15, -0.1) is 0 Å². The second-order valence-electron chi connectivity index (χ2n) is 5.36. The first-order valence-corrected chi connectivity index (χ1v) is 7.25. The molecule has 0 saturated carbocycles. The molecule has 0 aliphatic rings. The van der Waals surface area contributed by atoms with E-state index in [4.69, 9.17) is 9.47 Å². The van der Waals surface area contributed by atoms with Crippen molar-refractivity contribution in [3.63, 3.8) is 0 Å². The molecule has 0 aromatic heterocycles. The second-order valence-corrected chi connectivity index (χ2v) is 5.36. The van der Waals surface area contributed by atoms with Crippen LogP contribution < -0.4 is 0 Å². The fourth-order valence-electron chi connectivity index (χ4n) is 1.73. The predicted octanol–water partition coefficient (Wildman–Crippen LogP) is -0.332. The SMILES string of the molecule is CCC(CCC(C)O)C(O)(OC(=O)C(C)O)OC(=O)C(C)O. The minimum atomic E-state index is -2.62. The normalized spacial score (nSPS) is 19.5. The molecular weight excluding hydrogens is 296 g/mol. The lowest BCUT2D eigenvalue weighted by Crippen LogP contribution is -2.49. The van der Waals surface area contributed by atoms with E-state index in [1.54, 1.807) is 13.8 Å². The molecule has 4 N–H and O–H groups in total. The van der Waals surface area contributed by atoms with E-state index in [0.717, 1.165) is 13.8 Å². The van der Waals surface area contributed by atoms with E-state index in [1.807, 2.05) is 0 Å². The number of aliphatic hydroxyl groups is 4. The summed E-state index contributed by atoms with van der Waals surface area (Å²) in [5.41, 5.74) is 0. The number of aliphatic hydroxyl groups excluding tert-OH is 3. The molecule has 130 valence electrons. The Bertz CT molecular complexity index is 342. The molecule has 0 aliphatic heterocycles. The summed E-state index contributed by atoms with van der Waals surface area (Å²) in [5, 5.41) is 38.1. The maximum absolute atomic E-state index is 11.5. The lowest BCUT2D eigenvalue weighted by atomic mass is 9.95. The maximum Gasteiger partial charge on any atom is 0.376 e. The van der Waals surface area contributed by atoms with Gasteiger partial charge < -0.3 is 29.9 Å². The van der Waals surface area contributed by atoms with Crippen molar-refractivity contribution >= 4 is 11.9 Å². The zero-order valence-corrected chi connectivity index (χ0v) is 13.4. The summed E-state index contributed by atoms with van der Waals surface area (Å²) in [7, 11) is 0. The van der Waals surface area contributed by atoms with Gasteiger partial charge in [0, 0.05) is 0 Å². The quantitative estimate of drug-likeness (QED) is 0.335. The topological polar surface area (TPSA) is 134 Å². The third kappa shape index (κ3) is 6.69. The molecule has 0 heterocycles. The highest BCUT2D eigenvalue weighted by Crippen LogP contribution is 2.30. The van der Waals surface area contributed by atoms with Crippen LogP contribution in [0, 0.1) is 5.92 Å². The van der Waals surface area contributed by atoms with Crippen LogP contribution in [0.2, 0.25) is 0 Å². The van der Waals surface area contributed by atoms with E-state index in [2.05, 4.69) is 0 Å². The van der Waals surface area contributed by atoms with Gasteiger partial charge in [-0.1, -0.05) is 6.92 Å². The molecule has 0 aliphatic carbocycles. The fourth-order valence-corrected chi connectivity index (χ4v) is 1.73. The molecule has 0 fully saturated rings. The Balaban J connectivity index is 5.25. The van der Waals surface area contributed by atoms with E-state index in [9.17, 15) is 30.0 Å². The predicted molar refractivity (Wildman–Crippen MR) is 75.2 cm³/mol. The summed E-state index contributed by atoms with van der Waals surface area (Å²) in [6, 6.07) is 0. The first kappa shape index (κ1) is 20.8. The van der Waals surface area contributed by atoms with Crippen molar-refractivity contribution in [1.82, 2.24) is 0 Å². The van der Waals surface area contributed by atoms with Crippen molar-refractivity contribution < 1.29 is 39.5 Å². The maximum atomic E-state index is 11.5. The van der Waals surface area contributed by atoms with E-state index < -0.39 is 42.1 Å². The van der Waals surface area contributed by atoms with Gasteiger partial charge in [-0.2, -0.15) is 0 Å². The molecule has 0 radical (unpaired) electrons. The Hall–Kier alpha value is -1.22. The van der Waals surface area contributed by atoms with Gasteiger partial charge in [0.25, 0.3) is 0 Å². The first-order valence-electron chi connectivity index (χ1n) is 7.25. The third-order valence-electron chi connectivity index (χ3n) is 3.12. The molecule has 0 amide bonds. The van der Waals surface area contributed by atoms with E-state index in [1.165, 1.54) is 0 Å². The minimum absolute atomic E-state index is 0.199. The van der Waals surface area contributed by atoms with Gasteiger partial charge in [0.05, 0.1) is 12.0 Å². The number of carbonyl (C=O) groups is 2. The largest absolute Gasteiger partial charge is 0.396 e. The molecule has 8 nitrogen and oxygen atoms in total. The summed E-state index contributed by atoms with van der Waals surface area (Å²) in [4.78, 5) is 23.1. The van der Waals surface area contributed by atoms with Gasteiger partial charge >= 0.3 is 17.9 Å². The third-order valence-corrected chi connectivity index (χ3v) is 3.12. The molecule has 0 aromatic carbocycles. The Morgan fingerprint density at radius 3 is 1.64 bits per heavy atom. The van der Waals surface area contributed by atoms with Crippen LogP contribution in [-0.4, -0.2) is 56.6 Å². The summed E-state index contributed by atoms with van der Waals surface area (Å²) < 4.78 is 9.47. The average Bonchev–Trinajstić information content (AvgIpc) is 2.38. The molecule has 4 atom stereocenters. The molecule has 8 heteroatoms. The molecular formula is C14H26O8. The second kappa shape index (κ2) is 9.04. The molecule has 22 heavy (non-hydrogen) atoms. The number of ether oxygens (including phenoxy) is 2. The molecule has 0 aromatic rings. The molecule has 0 bridgehead atoms. The Morgan fingerprint density at radius 1 is 0.955 bits per heavy atom. The van der Waals surface area contributed by atoms with Crippen LogP contribution in [0.3, 0.4) is 0 Å². The summed E-state index contributed by atoms with van der Waals surface area (Å²) in [5.74, 6) is -5.79. The fraction of sp³-hybridized carbons (Fsp3) is 0.857. The minimum Gasteiger partial charge on any atom is -0.396 e. The van der Waals surface area contributed by atoms with Crippen molar-refractivity contribution in [2.45, 2.75) is 71.2 Å². The van der Waals surface area contributed by atoms with Crippen molar-refractivity contribution in [2.75, 3.05) is 0 Å².